The monoisotopic (exact) mass is 310 g/mol. The minimum absolute atomic E-state index is 0.0237. The van der Waals surface area contributed by atoms with E-state index in [2.05, 4.69) is 0 Å². The highest BCUT2D eigenvalue weighted by molar-refractivity contribution is 5.70. The fraction of sp³-hybridized carbons (Fsp3) is 0.250. The number of carbonyl (C=O) groups excluding carboxylic acids is 1. The van der Waals surface area contributed by atoms with Gasteiger partial charge in [-0.3, -0.25) is 4.79 Å². The molecule has 2 aromatic rings. The molecule has 0 aliphatic heterocycles. The third-order valence-electron chi connectivity index (χ3n) is 3.60. The van der Waals surface area contributed by atoms with E-state index in [1.165, 1.54) is 7.11 Å². The first-order chi connectivity index (χ1) is 11.2. The summed E-state index contributed by atoms with van der Waals surface area (Å²) in [5, 5.41) is 0. The number of methoxy groups -OCH3 is 1. The number of hydrogen-bond acceptors (Lipinski definition) is 3. The molecular formula is C20H22O3. The van der Waals surface area contributed by atoms with Gasteiger partial charge in [0.05, 0.1) is 13.5 Å². The molecule has 0 aromatic heterocycles. The molecule has 3 nitrogen and oxygen atoms in total. The van der Waals surface area contributed by atoms with E-state index >= 15 is 0 Å². The Morgan fingerprint density at radius 1 is 1.09 bits per heavy atom. The lowest BCUT2D eigenvalue weighted by Gasteiger charge is -2.13. The lowest BCUT2D eigenvalue weighted by molar-refractivity contribution is -0.140. The van der Waals surface area contributed by atoms with Gasteiger partial charge in [-0.05, 0) is 30.2 Å². The molecule has 0 N–H and O–H groups in total. The Morgan fingerprint density at radius 3 is 2.39 bits per heavy atom. The van der Waals surface area contributed by atoms with Crippen LogP contribution in [0.25, 0.3) is 0 Å². The van der Waals surface area contributed by atoms with Gasteiger partial charge in [-0.15, -0.1) is 0 Å². The first kappa shape index (κ1) is 16.8. The van der Waals surface area contributed by atoms with Crippen LogP contribution in [0.3, 0.4) is 0 Å². The second-order valence-electron chi connectivity index (χ2n) is 5.26. The van der Waals surface area contributed by atoms with Crippen molar-refractivity contribution < 1.29 is 14.3 Å². The average molecular weight is 310 g/mol. The molecule has 0 saturated heterocycles. The molecule has 0 aliphatic rings. The van der Waals surface area contributed by atoms with Crippen molar-refractivity contribution in [2.45, 2.75) is 25.9 Å². The molecule has 0 heterocycles. The predicted molar refractivity (Wildman–Crippen MR) is 91.4 cm³/mol. The quantitative estimate of drug-likeness (QED) is 0.558. The standard InChI is InChI=1S/C20H22O3/c1-3-7-18(14-20(21)22-2)17-10-12-19(13-11-17)23-15-16-8-5-4-6-9-16/h3-13,18H,14-15H2,1-2H3/b7-3-/t18-/m0/s1. The van der Waals surface area contributed by atoms with Crippen molar-refractivity contribution in [2.24, 2.45) is 0 Å². The highest BCUT2D eigenvalue weighted by atomic mass is 16.5. The van der Waals surface area contributed by atoms with Crippen molar-refractivity contribution in [2.75, 3.05) is 7.11 Å². The normalized spacial score (nSPS) is 12.1. The van der Waals surface area contributed by atoms with Crippen molar-refractivity contribution in [1.29, 1.82) is 0 Å². The Morgan fingerprint density at radius 2 is 1.78 bits per heavy atom. The molecule has 0 unspecified atom stereocenters. The predicted octanol–water partition coefficient (Wildman–Crippen LogP) is 4.49. The summed E-state index contributed by atoms with van der Waals surface area (Å²) in [6.45, 7) is 2.49. The van der Waals surface area contributed by atoms with Crippen molar-refractivity contribution in [3.05, 3.63) is 77.9 Å². The summed E-state index contributed by atoms with van der Waals surface area (Å²) < 4.78 is 10.5. The molecule has 0 fully saturated rings. The molecule has 0 radical (unpaired) electrons. The molecule has 2 rings (SSSR count). The smallest absolute Gasteiger partial charge is 0.306 e. The van der Waals surface area contributed by atoms with Crippen LogP contribution in [0.5, 0.6) is 5.75 Å². The largest absolute Gasteiger partial charge is 0.489 e. The van der Waals surface area contributed by atoms with Gasteiger partial charge < -0.3 is 9.47 Å². The first-order valence-corrected chi connectivity index (χ1v) is 7.69. The van der Waals surface area contributed by atoms with Crippen LogP contribution in [0, 0.1) is 0 Å². The summed E-state index contributed by atoms with van der Waals surface area (Å²) in [7, 11) is 1.41. The second-order valence-corrected chi connectivity index (χ2v) is 5.26. The Bertz CT molecular complexity index is 630. The molecule has 3 heteroatoms. The van der Waals surface area contributed by atoms with Gasteiger partial charge in [0.1, 0.15) is 12.4 Å². The van der Waals surface area contributed by atoms with E-state index in [1.54, 1.807) is 0 Å². The molecule has 2 aromatic carbocycles. The maximum Gasteiger partial charge on any atom is 0.306 e. The maximum atomic E-state index is 11.5. The van der Waals surface area contributed by atoms with Gasteiger partial charge in [-0.2, -0.15) is 0 Å². The molecular weight excluding hydrogens is 288 g/mol. The van der Waals surface area contributed by atoms with Gasteiger partial charge in [-0.25, -0.2) is 0 Å². The third-order valence-corrected chi connectivity index (χ3v) is 3.60. The first-order valence-electron chi connectivity index (χ1n) is 7.69. The van der Waals surface area contributed by atoms with E-state index in [0.717, 1.165) is 16.9 Å². The summed E-state index contributed by atoms with van der Waals surface area (Å²) in [6, 6.07) is 17.9. The Balaban J connectivity index is 2.00. The van der Waals surface area contributed by atoms with Gasteiger partial charge in [-0.1, -0.05) is 54.6 Å². The molecule has 120 valence electrons. The number of ether oxygens (including phenoxy) is 2. The highest BCUT2D eigenvalue weighted by Crippen LogP contribution is 2.24. The van der Waals surface area contributed by atoms with Gasteiger partial charge in [0, 0.05) is 5.92 Å². The Labute approximate surface area is 137 Å². The lowest BCUT2D eigenvalue weighted by Crippen LogP contribution is -2.07. The van der Waals surface area contributed by atoms with Gasteiger partial charge in [0.2, 0.25) is 0 Å². The van der Waals surface area contributed by atoms with Crippen molar-refractivity contribution in [1.82, 2.24) is 0 Å². The van der Waals surface area contributed by atoms with Crippen LogP contribution >= 0.6 is 0 Å². The van der Waals surface area contributed by atoms with E-state index in [9.17, 15) is 4.79 Å². The van der Waals surface area contributed by atoms with Crippen LogP contribution in [0.4, 0.5) is 0 Å². The fourth-order valence-corrected chi connectivity index (χ4v) is 2.34. The Kier molecular flexibility index (Phi) is 6.42. The average Bonchev–Trinajstić information content (AvgIpc) is 2.61. The second kappa shape index (κ2) is 8.79. The zero-order valence-corrected chi connectivity index (χ0v) is 13.6. The van der Waals surface area contributed by atoms with Crippen LogP contribution < -0.4 is 4.74 Å². The summed E-state index contributed by atoms with van der Waals surface area (Å²) in [4.78, 5) is 11.5. The SMILES string of the molecule is C/C=C\[C@@H](CC(=O)OC)c1ccc(OCc2ccccc2)cc1. The molecule has 0 spiro atoms. The highest BCUT2D eigenvalue weighted by Gasteiger charge is 2.13. The molecule has 23 heavy (non-hydrogen) atoms. The number of esters is 1. The summed E-state index contributed by atoms with van der Waals surface area (Å²) in [6.07, 6.45) is 4.30. The van der Waals surface area contributed by atoms with Crippen LogP contribution in [0.2, 0.25) is 0 Å². The minimum Gasteiger partial charge on any atom is -0.489 e. The third kappa shape index (κ3) is 5.29. The van der Waals surface area contributed by atoms with E-state index in [0.29, 0.717) is 13.0 Å². The van der Waals surface area contributed by atoms with E-state index in [-0.39, 0.29) is 11.9 Å². The van der Waals surface area contributed by atoms with E-state index in [1.807, 2.05) is 73.7 Å². The zero-order chi connectivity index (χ0) is 16.5. The van der Waals surface area contributed by atoms with Crippen LogP contribution in [-0.4, -0.2) is 13.1 Å². The summed E-state index contributed by atoms with van der Waals surface area (Å²) in [5.74, 6) is 0.628. The van der Waals surface area contributed by atoms with Crippen molar-refractivity contribution in [3.8, 4) is 5.75 Å². The van der Waals surface area contributed by atoms with Crippen LogP contribution in [-0.2, 0) is 16.1 Å². The van der Waals surface area contributed by atoms with Crippen LogP contribution in [0.15, 0.2) is 66.7 Å². The van der Waals surface area contributed by atoms with Crippen LogP contribution in [0.1, 0.15) is 30.4 Å². The molecule has 1 atom stereocenters. The van der Waals surface area contributed by atoms with Crippen molar-refractivity contribution in [3.63, 3.8) is 0 Å². The van der Waals surface area contributed by atoms with E-state index < -0.39 is 0 Å². The maximum absolute atomic E-state index is 11.5. The van der Waals surface area contributed by atoms with Gasteiger partial charge >= 0.3 is 5.97 Å². The summed E-state index contributed by atoms with van der Waals surface area (Å²) >= 11 is 0. The van der Waals surface area contributed by atoms with Gasteiger partial charge in [0.15, 0.2) is 0 Å². The number of hydrogen-bond donors (Lipinski definition) is 0. The van der Waals surface area contributed by atoms with Crippen molar-refractivity contribution >= 4 is 5.97 Å². The molecule has 0 aliphatic carbocycles. The number of carbonyl (C=O) groups is 1. The zero-order valence-electron chi connectivity index (χ0n) is 13.6. The number of allylic oxidation sites excluding steroid dienone is 2. The fourth-order valence-electron chi connectivity index (χ4n) is 2.34. The number of rotatable bonds is 7. The summed E-state index contributed by atoms with van der Waals surface area (Å²) in [5.41, 5.74) is 2.20. The van der Waals surface area contributed by atoms with Gasteiger partial charge in [0.25, 0.3) is 0 Å². The lowest BCUT2D eigenvalue weighted by atomic mass is 9.95. The Hall–Kier alpha value is -2.55. The topological polar surface area (TPSA) is 35.5 Å². The molecule has 0 amide bonds. The molecule has 0 bridgehead atoms. The minimum atomic E-state index is -0.211. The van der Waals surface area contributed by atoms with E-state index in [4.69, 9.17) is 9.47 Å². The number of benzene rings is 2. The molecule has 0 saturated carbocycles.